The van der Waals surface area contributed by atoms with Crippen LogP contribution in [0.3, 0.4) is 0 Å². The zero-order chi connectivity index (χ0) is 22.3. The van der Waals surface area contributed by atoms with E-state index in [1.165, 1.54) is 29.5 Å². The molecule has 0 aromatic heterocycles. The van der Waals surface area contributed by atoms with E-state index in [1.807, 2.05) is 0 Å². The number of unbranched alkanes of at least 4 members (excludes halogenated alkanes) is 7. The molecule has 28 heavy (non-hydrogen) atoms. The molecule has 0 fully saturated rings. The van der Waals surface area contributed by atoms with Crippen LogP contribution in [0, 0.1) is 0 Å². The minimum atomic E-state index is -6.81. The average molecular weight is 542 g/mol. The lowest BCUT2D eigenvalue weighted by Gasteiger charge is -2.38. The first-order valence-corrected chi connectivity index (χ1v) is 10.5. The van der Waals surface area contributed by atoms with Crippen LogP contribution in [0.15, 0.2) is 0 Å². The molecule has 0 aliphatic rings. The Bertz CT molecular complexity index is 449. The Hall–Kier alpha value is 0.1000. The van der Waals surface area contributed by atoms with Crippen molar-refractivity contribution in [3.05, 3.63) is 0 Å². The summed E-state index contributed by atoms with van der Waals surface area (Å²) >= 11 is 1.49. The molecule has 0 spiro atoms. The molecule has 1 atom stereocenters. The van der Waals surface area contributed by atoms with Crippen molar-refractivity contribution >= 4 is 22.6 Å². The Morgan fingerprint density at radius 2 is 1.04 bits per heavy atom. The normalized spacial score (nSPS) is 16.3. The van der Waals surface area contributed by atoms with Gasteiger partial charge >= 0.3 is 23.9 Å². The van der Waals surface area contributed by atoms with Gasteiger partial charge in [0.25, 0.3) is 0 Å². The summed E-state index contributed by atoms with van der Waals surface area (Å²) in [7, 11) is 0. The van der Waals surface area contributed by atoms with E-state index in [1.54, 1.807) is 0 Å². The van der Waals surface area contributed by atoms with Crippen molar-refractivity contribution in [1.82, 2.24) is 0 Å². The molecule has 0 aromatic carbocycles. The quantitative estimate of drug-likeness (QED) is 0.0890. The molecule has 0 heterocycles. The molecule has 0 N–H and O–H groups in total. The lowest BCUT2D eigenvalue weighted by atomic mass is 9.88. The van der Waals surface area contributed by atoms with Crippen LogP contribution in [0.25, 0.3) is 0 Å². The van der Waals surface area contributed by atoms with Crippen LogP contribution in [0.1, 0.15) is 84.5 Å². The second-order valence-corrected chi connectivity index (χ2v) is 9.55. The molecular formula is C18H28F9I. The average Bonchev–Trinajstić information content (AvgIpc) is 2.55. The Morgan fingerprint density at radius 3 is 1.43 bits per heavy atom. The van der Waals surface area contributed by atoms with E-state index >= 15 is 0 Å². The van der Waals surface area contributed by atoms with Crippen LogP contribution < -0.4 is 0 Å². The monoisotopic (exact) mass is 542 g/mol. The van der Waals surface area contributed by atoms with Gasteiger partial charge in [0, 0.05) is 9.84 Å². The standard InChI is InChI=1S/C18H28F9I/c1-3-5-6-7-8-9-10-11-12-14(28,4-2)13-15(19,20)16(21,22)17(23,24)18(25,26)27/h3-13H2,1-2H3. The van der Waals surface area contributed by atoms with Gasteiger partial charge in [-0.1, -0.05) is 87.8 Å². The second kappa shape index (κ2) is 10.9. The van der Waals surface area contributed by atoms with Gasteiger partial charge in [0.1, 0.15) is 0 Å². The molecule has 0 aromatic rings. The van der Waals surface area contributed by atoms with E-state index in [0.29, 0.717) is 12.8 Å². The zero-order valence-corrected chi connectivity index (χ0v) is 18.2. The Labute approximate surface area is 174 Å². The molecule has 0 rings (SSSR count). The van der Waals surface area contributed by atoms with Crippen molar-refractivity contribution in [3.63, 3.8) is 0 Å². The van der Waals surface area contributed by atoms with Crippen molar-refractivity contribution in [2.24, 2.45) is 0 Å². The van der Waals surface area contributed by atoms with Gasteiger partial charge in [0.05, 0.1) is 0 Å². The molecule has 1 unspecified atom stereocenters. The van der Waals surface area contributed by atoms with E-state index in [9.17, 15) is 39.5 Å². The maximum atomic E-state index is 13.9. The molecule has 0 saturated carbocycles. The van der Waals surface area contributed by atoms with Crippen LogP contribution in [-0.2, 0) is 0 Å². The molecular weight excluding hydrogens is 514 g/mol. The summed E-state index contributed by atoms with van der Waals surface area (Å²) < 4.78 is 116. The third-order valence-electron chi connectivity index (χ3n) is 4.86. The van der Waals surface area contributed by atoms with Crippen LogP contribution in [-0.4, -0.2) is 27.4 Å². The van der Waals surface area contributed by atoms with Gasteiger partial charge in [-0.25, -0.2) is 0 Å². The lowest BCUT2D eigenvalue weighted by molar-refractivity contribution is -0.397. The van der Waals surface area contributed by atoms with Crippen molar-refractivity contribution in [2.45, 2.75) is 112 Å². The van der Waals surface area contributed by atoms with Gasteiger partial charge in [-0.3, -0.25) is 0 Å². The number of halogens is 10. The van der Waals surface area contributed by atoms with Crippen LogP contribution in [0.2, 0.25) is 0 Å². The van der Waals surface area contributed by atoms with E-state index in [0.717, 1.165) is 38.5 Å². The minimum absolute atomic E-state index is 0.0439. The summed E-state index contributed by atoms with van der Waals surface area (Å²) in [6.45, 7) is 3.50. The first-order chi connectivity index (χ1) is 12.6. The highest BCUT2D eigenvalue weighted by Gasteiger charge is 2.81. The first-order valence-electron chi connectivity index (χ1n) is 9.47. The molecule has 10 heteroatoms. The minimum Gasteiger partial charge on any atom is -0.200 e. The molecule has 0 nitrogen and oxygen atoms in total. The van der Waals surface area contributed by atoms with Gasteiger partial charge in [0.2, 0.25) is 0 Å². The maximum Gasteiger partial charge on any atom is 0.460 e. The Kier molecular flexibility index (Phi) is 11.0. The van der Waals surface area contributed by atoms with E-state index in [2.05, 4.69) is 6.92 Å². The molecule has 0 saturated heterocycles. The predicted octanol–water partition coefficient (Wildman–Crippen LogP) is 8.96. The number of rotatable bonds is 14. The summed E-state index contributed by atoms with van der Waals surface area (Å²) in [5, 5.41) is 0. The molecule has 0 bridgehead atoms. The summed E-state index contributed by atoms with van der Waals surface area (Å²) in [5.74, 6) is -18.8. The van der Waals surface area contributed by atoms with Crippen LogP contribution in [0.5, 0.6) is 0 Å². The molecule has 0 aliphatic carbocycles. The number of hydrogen-bond acceptors (Lipinski definition) is 0. The fourth-order valence-electron chi connectivity index (χ4n) is 2.88. The van der Waals surface area contributed by atoms with Gasteiger partial charge < -0.3 is 0 Å². The topological polar surface area (TPSA) is 0 Å². The summed E-state index contributed by atoms with van der Waals surface area (Å²) in [6, 6.07) is 0. The fourth-order valence-corrected chi connectivity index (χ4v) is 3.74. The summed E-state index contributed by atoms with van der Waals surface area (Å²) in [6.07, 6.45) is -1.30. The lowest BCUT2D eigenvalue weighted by Crippen LogP contribution is -2.62. The summed E-state index contributed by atoms with van der Waals surface area (Å²) in [4.78, 5) is 0. The third-order valence-corrected chi connectivity index (χ3v) is 6.54. The van der Waals surface area contributed by atoms with Crippen LogP contribution in [0.4, 0.5) is 39.5 Å². The largest absolute Gasteiger partial charge is 0.460 e. The maximum absolute atomic E-state index is 13.9. The van der Waals surface area contributed by atoms with Gasteiger partial charge in [-0.15, -0.1) is 0 Å². The zero-order valence-electron chi connectivity index (χ0n) is 16.1. The molecule has 0 amide bonds. The number of alkyl halides is 10. The molecule has 0 aliphatic heterocycles. The van der Waals surface area contributed by atoms with Crippen molar-refractivity contribution in [2.75, 3.05) is 0 Å². The second-order valence-electron chi connectivity index (χ2n) is 7.26. The smallest absolute Gasteiger partial charge is 0.200 e. The molecule has 0 radical (unpaired) electrons. The highest BCUT2D eigenvalue weighted by molar-refractivity contribution is 14.1. The Balaban J connectivity index is 4.87. The van der Waals surface area contributed by atoms with Crippen LogP contribution >= 0.6 is 22.6 Å². The molecule has 170 valence electrons. The highest BCUT2D eigenvalue weighted by atomic mass is 127. The number of hydrogen-bond donors (Lipinski definition) is 0. The van der Waals surface area contributed by atoms with Gasteiger partial charge in [-0.05, 0) is 12.8 Å². The van der Waals surface area contributed by atoms with Gasteiger partial charge in [-0.2, -0.15) is 39.5 Å². The van der Waals surface area contributed by atoms with Gasteiger partial charge in [0.15, 0.2) is 0 Å². The fraction of sp³-hybridized carbons (Fsp3) is 1.00. The third kappa shape index (κ3) is 7.41. The van der Waals surface area contributed by atoms with E-state index < -0.39 is 33.8 Å². The van der Waals surface area contributed by atoms with Crippen molar-refractivity contribution < 1.29 is 39.5 Å². The SMILES string of the molecule is CCCCCCCCCCC(I)(CC)CC(F)(F)C(F)(F)C(F)(F)C(F)(F)F. The first kappa shape index (κ1) is 28.1. The van der Waals surface area contributed by atoms with E-state index in [-0.39, 0.29) is 12.8 Å². The van der Waals surface area contributed by atoms with Crippen molar-refractivity contribution in [3.8, 4) is 0 Å². The van der Waals surface area contributed by atoms with E-state index in [4.69, 9.17) is 0 Å². The predicted molar refractivity (Wildman–Crippen MR) is 99.8 cm³/mol. The highest BCUT2D eigenvalue weighted by Crippen LogP contribution is 2.56. The Morgan fingerprint density at radius 1 is 0.607 bits per heavy atom. The van der Waals surface area contributed by atoms with Crippen molar-refractivity contribution in [1.29, 1.82) is 0 Å². The summed E-state index contributed by atoms with van der Waals surface area (Å²) in [5.41, 5.74) is 0.